The standard InChI is InChI=1S/C15H28N4O2/c1-10(2)11(3)16-8-12-9-17-19(7)13(12)18-14(20)21-15(4,5)6/h9-11,16H,8H2,1-7H3,(H,18,20). The molecule has 1 atom stereocenters. The number of hydrogen-bond acceptors (Lipinski definition) is 4. The maximum Gasteiger partial charge on any atom is 0.413 e. The van der Waals surface area contributed by atoms with Gasteiger partial charge in [0.2, 0.25) is 0 Å². The van der Waals surface area contributed by atoms with Crippen molar-refractivity contribution in [3.63, 3.8) is 0 Å². The molecular weight excluding hydrogens is 268 g/mol. The second-order valence-corrected chi connectivity index (χ2v) is 6.68. The quantitative estimate of drug-likeness (QED) is 0.876. The molecule has 1 unspecified atom stereocenters. The van der Waals surface area contributed by atoms with Crippen LogP contribution in [0.25, 0.3) is 0 Å². The van der Waals surface area contributed by atoms with Crippen molar-refractivity contribution in [3.8, 4) is 0 Å². The minimum atomic E-state index is -0.521. The van der Waals surface area contributed by atoms with Crippen LogP contribution in [0.1, 0.15) is 47.1 Å². The highest BCUT2D eigenvalue weighted by atomic mass is 16.6. The Morgan fingerprint density at radius 3 is 2.52 bits per heavy atom. The van der Waals surface area contributed by atoms with Gasteiger partial charge >= 0.3 is 6.09 Å². The van der Waals surface area contributed by atoms with Gasteiger partial charge in [0.25, 0.3) is 0 Å². The predicted molar refractivity (Wildman–Crippen MR) is 84.2 cm³/mol. The molecule has 6 nitrogen and oxygen atoms in total. The van der Waals surface area contributed by atoms with E-state index in [1.54, 1.807) is 17.9 Å². The van der Waals surface area contributed by atoms with E-state index < -0.39 is 11.7 Å². The van der Waals surface area contributed by atoms with Crippen LogP contribution in [0, 0.1) is 5.92 Å². The van der Waals surface area contributed by atoms with Gasteiger partial charge in [-0.3, -0.25) is 10.00 Å². The second kappa shape index (κ2) is 6.93. The van der Waals surface area contributed by atoms with Crippen LogP contribution >= 0.6 is 0 Å². The Balaban J connectivity index is 2.70. The van der Waals surface area contributed by atoms with Crippen LogP contribution in [0.15, 0.2) is 6.20 Å². The molecule has 1 heterocycles. The minimum Gasteiger partial charge on any atom is -0.444 e. The average Bonchev–Trinajstić information content (AvgIpc) is 2.65. The molecule has 0 aromatic carbocycles. The van der Waals surface area contributed by atoms with E-state index in [1.807, 2.05) is 20.8 Å². The minimum absolute atomic E-state index is 0.389. The molecule has 120 valence electrons. The number of anilines is 1. The molecule has 0 aliphatic heterocycles. The van der Waals surface area contributed by atoms with E-state index in [4.69, 9.17) is 4.74 Å². The fraction of sp³-hybridized carbons (Fsp3) is 0.733. The fourth-order valence-electron chi connectivity index (χ4n) is 1.68. The molecule has 6 heteroatoms. The summed E-state index contributed by atoms with van der Waals surface area (Å²) in [7, 11) is 1.79. The number of amides is 1. The monoisotopic (exact) mass is 296 g/mol. The van der Waals surface area contributed by atoms with E-state index in [0.717, 1.165) is 5.56 Å². The van der Waals surface area contributed by atoms with Crippen LogP contribution in [-0.4, -0.2) is 27.5 Å². The largest absolute Gasteiger partial charge is 0.444 e. The zero-order valence-electron chi connectivity index (χ0n) is 14.2. The van der Waals surface area contributed by atoms with Gasteiger partial charge in [0.15, 0.2) is 0 Å². The number of aromatic nitrogens is 2. The van der Waals surface area contributed by atoms with E-state index >= 15 is 0 Å². The Morgan fingerprint density at radius 1 is 1.38 bits per heavy atom. The van der Waals surface area contributed by atoms with Gasteiger partial charge in [-0.15, -0.1) is 0 Å². The Kier molecular flexibility index (Phi) is 5.78. The van der Waals surface area contributed by atoms with Gasteiger partial charge in [-0.2, -0.15) is 5.10 Å². The molecule has 0 radical (unpaired) electrons. The van der Waals surface area contributed by atoms with Crippen LogP contribution in [0.4, 0.5) is 10.6 Å². The Bertz CT molecular complexity index is 475. The van der Waals surface area contributed by atoms with Gasteiger partial charge in [-0.25, -0.2) is 4.79 Å². The van der Waals surface area contributed by atoms with Gasteiger partial charge in [-0.05, 0) is 33.6 Å². The van der Waals surface area contributed by atoms with Crippen LogP contribution in [-0.2, 0) is 18.3 Å². The van der Waals surface area contributed by atoms with Crippen molar-refractivity contribution in [3.05, 3.63) is 11.8 Å². The molecular formula is C15H28N4O2. The lowest BCUT2D eigenvalue weighted by molar-refractivity contribution is 0.0634. The summed E-state index contributed by atoms with van der Waals surface area (Å²) in [6.07, 6.45) is 1.29. The number of nitrogens with zero attached hydrogens (tertiary/aromatic N) is 2. The summed E-state index contributed by atoms with van der Waals surface area (Å²) in [5.41, 5.74) is 0.420. The number of nitrogens with one attached hydrogen (secondary N) is 2. The summed E-state index contributed by atoms with van der Waals surface area (Å²) in [4.78, 5) is 11.9. The average molecular weight is 296 g/mol. The Morgan fingerprint density at radius 2 is 2.00 bits per heavy atom. The second-order valence-electron chi connectivity index (χ2n) is 6.68. The summed E-state index contributed by atoms with van der Waals surface area (Å²) in [6, 6.07) is 0.389. The number of carbonyl (C=O) groups is 1. The zero-order chi connectivity index (χ0) is 16.2. The van der Waals surface area contributed by atoms with Crippen LogP contribution in [0.5, 0.6) is 0 Å². The van der Waals surface area contributed by atoms with Gasteiger partial charge < -0.3 is 10.1 Å². The molecule has 0 spiro atoms. The molecule has 1 aromatic heterocycles. The molecule has 1 amide bonds. The summed E-state index contributed by atoms with van der Waals surface area (Å²) >= 11 is 0. The maximum atomic E-state index is 11.9. The normalized spacial score (nSPS) is 13.3. The highest BCUT2D eigenvalue weighted by molar-refractivity contribution is 5.84. The summed E-state index contributed by atoms with van der Waals surface area (Å²) in [5.74, 6) is 1.21. The highest BCUT2D eigenvalue weighted by Crippen LogP contribution is 2.16. The lowest BCUT2D eigenvalue weighted by atomic mass is 10.1. The SMILES string of the molecule is CC(C)C(C)NCc1cnn(C)c1NC(=O)OC(C)(C)C. The number of aryl methyl sites for hydroxylation is 1. The molecule has 0 aliphatic carbocycles. The molecule has 21 heavy (non-hydrogen) atoms. The lowest BCUT2D eigenvalue weighted by Gasteiger charge is -2.20. The molecule has 0 fully saturated rings. The number of ether oxygens (including phenoxy) is 1. The molecule has 1 rings (SSSR count). The van der Waals surface area contributed by atoms with Crippen LogP contribution < -0.4 is 10.6 Å². The van der Waals surface area contributed by atoms with Crippen molar-refractivity contribution in [2.75, 3.05) is 5.32 Å². The van der Waals surface area contributed by atoms with E-state index in [1.165, 1.54) is 0 Å². The van der Waals surface area contributed by atoms with E-state index in [2.05, 4.69) is 36.5 Å². The summed E-state index contributed by atoms with van der Waals surface area (Å²) in [6.45, 7) is 12.6. The lowest BCUT2D eigenvalue weighted by Crippen LogP contribution is -2.31. The number of carbonyl (C=O) groups excluding carboxylic acids is 1. The third-order valence-corrected chi connectivity index (χ3v) is 3.25. The third-order valence-electron chi connectivity index (χ3n) is 3.25. The highest BCUT2D eigenvalue weighted by Gasteiger charge is 2.19. The van der Waals surface area contributed by atoms with Crippen molar-refractivity contribution in [2.24, 2.45) is 13.0 Å². The van der Waals surface area contributed by atoms with E-state index in [9.17, 15) is 4.79 Å². The van der Waals surface area contributed by atoms with Crippen LogP contribution in [0.2, 0.25) is 0 Å². The Hall–Kier alpha value is -1.56. The molecule has 0 bridgehead atoms. The van der Waals surface area contributed by atoms with Crippen molar-refractivity contribution in [1.82, 2.24) is 15.1 Å². The van der Waals surface area contributed by atoms with Crippen molar-refractivity contribution in [1.29, 1.82) is 0 Å². The number of rotatable bonds is 5. The third kappa shape index (κ3) is 5.75. The first-order valence-electron chi connectivity index (χ1n) is 7.34. The molecule has 0 saturated heterocycles. The first-order chi connectivity index (χ1) is 9.60. The van der Waals surface area contributed by atoms with Crippen molar-refractivity contribution < 1.29 is 9.53 Å². The van der Waals surface area contributed by atoms with E-state index in [-0.39, 0.29) is 0 Å². The van der Waals surface area contributed by atoms with Crippen molar-refractivity contribution >= 4 is 11.9 Å². The molecule has 1 aromatic rings. The van der Waals surface area contributed by atoms with Crippen LogP contribution in [0.3, 0.4) is 0 Å². The van der Waals surface area contributed by atoms with Gasteiger partial charge in [-0.1, -0.05) is 13.8 Å². The fourth-order valence-corrected chi connectivity index (χ4v) is 1.68. The zero-order valence-corrected chi connectivity index (χ0v) is 14.2. The molecule has 2 N–H and O–H groups in total. The predicted octanol–water partition coefficient (Wildman–Crippen LogP) is 2.90. The van der Waals surface area contributed by atoms with Gasteiger partial charge in [0.05, 0.1) is 6.20 Å². The first-order valence-corrected chi connectivity index (χ1v) is 7.34. The summed E-state index contributed by atoms with van der Waals surface area (Å²) < 4.78 is 6.91. The molecule has 0 aliphatic rings. The van der Waals surface area contributed by atoms with Gasteiger partial charge in [0.1, 0.15) is 11.4 Å². The van der Waals surface area contributed by atoms with Gasteiger partial charge in [0, 0.05) is 25.2 Å². The number of hydrogen-bond donors (Lipinski definition) is 2. The van der Waals surface area contributed by atoms with E-state index in [0.29, 0.717) is 24.3 Å². The smallest absolute Gasteiger partial charge is 0.413 e. The first kappa shape index (κ1) is 17.5. The molecule has 0 saturated carbocycles. The summed E-state index contributed by atoms with van der Waals surface area (Å²) in [5, 5.41) is 10.4. The topological polar surface area (TPSA) is 68.2 Å². The Labute approximate surface area is 127 Å². The maximum absolute atomic E-state index is 11.9. The van der Waals surface area contributed by atoms with Crippen molar-refractivity contribution in [2.45, 2.75) is 59.7 Å².